The summed E-state index contributed by atoms with van der Waals surface area (Å²) in [5.74, 6) is 0.568. The molecule has 0 fully saturated rings. The Morgan fingerprint density at radius 1 is 0.500 bits per heavy atom. The number of hydrogen-bond acceptors (Lipinski definition) is 0. The van der Waals surface area contributed by atoms with Gasteiger partial charge in [0.15, 0.2) is 0 Å². The Morgan fingerprint density at radius 3 is 1.87 bits per heavy atom. The number of fused-ring (bicyclic) bond motifs is 7. The summed E-state index contributed by atoms with van der Waals surface area (Å²) < 4.78 is 14.0. The van der Waals surface area contributed by atoms with E-state index in [2.05, 4.69) is 141 Å². The Balaban J connectivity index is 1.45. The lowest BCUT2D eigenvalue weighted by molar-refractivity contribution is 0.394. The SMILES string of the molecule is CC1(C)c2cc(-c3c4ccccc4c(-c4ccccc4)c4ccc(-c5ccc(F)cc5)cc34)c3ccccc3c2C2C=CC=CC21. The van der Waals surface area contributed by atoms with Gasteiger partial charge in [-0.15, -0.1) is 0 Å². The maximum Gasteiger partial charge on any atom is 0.123 e. The van der Waals surface area contributed by atoms with Crippen LogP contribution < -0.4 is 0 Å². The molecule has 0 saturated heterocycles. The molecule has 2 unspecified atom stereocenters. The molecule has 0 saturated carbocycles. The van der Waals surface area contributed by atoms with Crippen LogP contribution in [0.5, 0.6) is 0 Å². The highest BCUT2D eigenvalue weighted by Crippen LogP contribution is 2.57. The minimum Gasteiger partial charge on any atom is -0.207 e. The summed E-state index contributed by atoms with van der Waals surface area (Å²) in [5, 5.41) is 7.53. The third-order valence-corrected chi connectivity index (χ3v) is 10.6. The fourth-order valence-corrected chi connectivity index (χ4v) is 8.46. The standard InChI is InChI=1S/C45H33F/c1-45(2)40-19-11-10-18-37(40)44-33-15-7-6-14-32(33)39(27-41(44)45)43-35-17-9-8-16-34(35)42(29-12-4-3-5-13-29)36-25-22-30(26-38(36)43)28-20-23-31(46)24-21-28/h3-27,37,40H,1-2H3. The van der Waals surface area contributed by atoms with Gasteiger partial charge >= 0.3 is 0 Å². The van der Waals surface area contributed by atoms with Crippen molar-refractivity contribution >= 4 is 32.3 Å². The van der Waals surface area contributed by atoms with Crippen LogP contribution in [-0.2, 0) is 5.41 Å². The molecule has 7 aromatic rings. The van der Waals surface area contributed by atoms with Gasteiger partial charge < -0.3 is 0 Å². The van der Waals surface area contributed by atoms with Crippen LogP contribution in [-0.4, -0.2) is 0 Å². The average molecular weight is 593 g/mol. The molecule has 0 bridgehead atoms. The number of hydrogen-bond donors (Lipinski definition) is 0. The van der Waals surface area contributed by atoms with Gasteiger partial charge in [0.2, 0.25) is 0 Å². The first kappa shape index (κ1) is 27.1. The zero-order chi connectivity index (χ0) is 31.0. The van der Waals surface area contributed by atoms with E-state index in [9.17, 15) is 4.39 Å². The van der Waals surface area contributed by atoms with Crippen molar-refractivity contribution < 1.29 is 4.39 Å². The number of rotatable bonds is 3. The summed E-state index contributed by atoms with van der Waals surface area (Å²) in [6, 6.07) is 44.8. The summed E-state index contributed by atoms with van der Waals surface area (Å²) in [4.78, 5) is 0. The lowest BCUT2D eigenvalue weighted by atomic mass is 9.74. The van der Waals surface area contributed by atoms with Crippen LogP contribution in [0.1, 0.15) is 30.9 Å². The number of halogens is 1. The molecule has 0 amide bonds. The molecule has 9 rings (SSSR count). The molecule has 0 N–H and O–H groups in total. The topological polar surface area (TPSA) is 0 Å². The summed E-state index contributed by atoms with van der Waals surface area (Å²) in [7, 11) is 0. The Labute approximate surface area is 269 Å². The van der Waals surface area contributed by atoms with Gasteiger partial charge in [-0.2, -0.15) is 0 Å². The molecule has 0 spiro atoms. The van der Waals surface area contributed by atoms with Crippen LogP contribution in [0.25, 0.3) is 65.7 Å². The van der Waals surface area contributed by atoms with E-state index in [0.29, 0.717) is 11.8 Å². The first-order chi connectivity index (χ1) is 22.5. The Morgan fingerprint density at radius 2 is 1.11 bits per heavy atom. The minimum absolute atomic E-state index is 0.0189. The van der Waals surface area contributed by atoms with Crippen LogP contribution in [0.15, 0.2) is 152 Å². The fourth-order valence-electron chi connectivity index (χ4n) is 8.46. The first-order valence-corrected chi connectivity index (χ1v) is 16.2. The summed E-state index contributed by atoms with van der Waals surface area (Å²) in [6.45, 7) is 4.83. The van der Waals surface area contributed by atoms with E-state index < -0.39 is 0 Å². The van der Waals surface area contributed by atoms with Crippen LogP contribution >= 0.6 is 0 Å². The molecule has 46 heavy (non-hydrogen) atoms. The maximum absolute atomic E-state index is 14.0. The zero-order valence-electron chi connectivity index (χ0n) is 26.0. The van der Waals surface area contributed by atoms with Gasteiger partial charge in [-0.3, -0.25) is 0 Å². The van der Waals surface area contributed by atoms with E-state index in [1.54, 1.807) is 12.1 Å². The molecule has 220 valence electrons. The average Bonchev–Trinajstić information content (AvgIpc) is 3.33. The molecular formula is C45H33F. The third kappa shape index (κ3) is 3.91. The molecule has 2 aliphatic rings. The normalized spacial score (nSPS) is 17.9. The number of benzene rings is 7. The van der Waals surface area contributed by atoms with E-state index in [1.807, 2.05) is 12.1 Å². The van der Waals surface area contributed by atoms with Crippen molar-refractivity contribution in [1.29, 1.82) is 0 Å². The number of allylic oxidation sites excluding steroid dienone is 4. The van der Waals surface area contributed by atoms with Crippen molar-refractivity contribution in [1.82, 2.24) is 0 Å². The van der Waals surface area contributed by atoms with Gasteiger partial charge in [0.1, 0.15) is 5.82 Å². The second-order valence-corrected chi connectivity index (χ2v) is 13.4. The smallest absolute Gasteiger partial charge is 0.123 e. The minimum atomic E-state index is -0.222. The third-order valence-electron chi connectivity index (χ3n) is 10.6. The van der Waals surface area contributed by atoms with Gasteiger partial charge in [0, 0.05) is 5.92 Å². The highest BCUT2D eigenvalue weighted by molar-refractivity contribution is 6.24. The molecule has 0 aliphatic heterocycles. The second-order valence-electron chi connectivity index (χ2n) is 13.4. The van der Waals surface area contributed by atoms with Crippen LogP contribution in [0, 0.1) is 11.7 Å². The van der Waals surface area contributed by atoms with Gasteiger partial charge in [-0.1, -0.05) is 141 Å². The lowest BCUT2D eigenvalue weighted by Gasteiger charge is -2.29. The predicted octanol–water partition coefficient (Wildman–Crippen LogP) is 12.4. The van der Waals surface area contributed by atoms with Gasteiger partial charge in [0.05, 0.1) is 0 Å². The van der Waals surface area contributed by atoms with E-state index >= 15 is 0 Å². The van der Waals surface area contributed by atoms with Gasteiger partial charge in [-0.25, -0.2) is 4.39 Å². The van der Waals surface area contributed by atoms with Gasteiger partial charge in [0.25, 0.3) is 0 Å². The fraction of sp³-hybridized carbons (Fsp3) is 0.111. The first-order valence-electron chi connectivity index (χ1n) is 16.2. The Hall–Kier alpha value is -5.27. The molecule has 0 radical (unpaired) electrons. The maximum atomic E-state index is 14.0. The quantitative estimate of drug-likeness (QED) is 0.179. The molecule has 0 aromatic heterocycles. The van der Waals surface area contributed by atoms with Crippen molar-refractivity contribution in [3.05, 3.63) is 169 Å². The molecule has 0 nitrogen and oxygen atoms in total. The molecule has 7 aromatic carbocycles. The summed E-state index contributed by atoms with van der Waals surface area (Å²) in [5.41, 5.74) is 9.94. The van der Waals surface area contributed by atoms with Crippen molar-refractivity contribution in [2.24, 2.45) is 5.92 Å². The monoisotopic (exact) mass is 592 g/mol. The molecular weight excluding hydrogens is 559 g/mol. The molecule has 0 heterocycles. The zero-order valence-corrected chi connectivity index (χ0v) is 26.0. The largest absolute Gasteiger partial charge is 0.207 e. The second kappa shape index (κ2) is 10.1. The summed E-state index contributed by atoms with van der Waals surface area (Å²) in [6.07, 6.45) is 9.25. The Kier molecular flexibility index (Phi) is 5.96. The van der Waals surface area contributed by atoms with Crippen LogP contribution in [0.4, 0.5) is 4.39 Å². The molecule has 1 heteroatoms. The van der Waals surface area contributed by atoms with E-state index in [0.717, 1.165) is 11.1 Å². The van der Waals surface area contributed by atoms with Crippen LogP contribution in [0.3, 0.4) is 0 Å². The van der Waals surface area contributed by atoms with E-state index in [-0.39, 0.29) is 11.2 Å². The predicted molar refractivity (Wildman–Crippen MR) is 193 cm³/mol. The molecule has 2 atom stereocenters. The molecule has 2 aliphatic carbocycles. The van der Waals surface area contributed by atoms with E-state index in [1.165, 1.54) is 65.7 Å². The lowest BCUT2D eigenvalue weighted by Crippen LogP contribution is -2.24. The Bertz CT molecular complexity index is 2390. The van der Waals surface area contributed by atoms with Crippen molar-refractivity contribution in [2.45, 2.75) is 25.2 Å². The highest BCUT2D eigenvalue weighted by Gasteiger charge is 2.45. The van der Waals surface area contributed by atoms with Crippen molar-refractivity contribution in [3.63, 3.8) is 0 Å². The van der Waals surface area contributed by atoms with Crippen molar-refractivity contribution in [2.75, 3.05) is 0 Å². The summed E-state index contributed by atoms with van der Waals surface area (Å²) >= 11 is 0. The van der Waals surface area contributed by atoms with Crippen molar-refractivity contribution in [3.8, 4) is 33.4 Å². The van der Waals surface area contributed by atoms with Crippen LogP contribution in [0.2, 0.25) is 0 Å². The highest BCUT2D eigenvalue weighted by atomic mass is 19.1. The van der Waals surface area contributed by atoms with E-state index in [4.69, 9.17) is 0 Å². The van der Waals surface area contributed by atoms with Gasteiger partial charge in [-0.05, 0) is 112 Å².